The van der Waals surface area contributed by atoms with E-state index in [0.717, 1.165) is 25.0 Å². The predicted molar refractivity (Wildman–Crippen MR) is 97.7 cm³/mol. The van der Waals surface area contributed by atoms with Crippen molar-refractivity contribution >= 4 is 17.5 Å². The Morgan fingerprint density at radius 2 is 2.15 bits per heavy atom. The lowest BCUT2D eigenvalue weighted by atomic mass is 9.80. The molecular formula is C19H25N5O2. The van der Waals surface area contributed by atoms with Gasteiger partial charge in [0.15, 0.2) is 5.69 Å². The van der Waals surface area contributed by atoms with Gasteiger partial charge in [-0.25, -0.2) is 4.68 Å². The molecule has 26 heavy (non-hydrogen) atoms. The molecule has 1 aromatic heterocycles. The summed E-state index contributed by atoms with van der Waals surface area (Å²) in [6, 6.07) is 3.81. The Kier molecular flexibility index (Phi) is 4.61. The SMILES string of the molecule is CC(C)(C)CC1CCC(=N)/C(C(=O)NC2CC2)=C(/O)n2nc(C#N)cc21. The van der Waals surface area contributed by atoms with Crippen molar-refractivity contribution in [3.8, 4) is 6.07 Å². The van der Waals surface area contributed by atoms with Crippen LogP contribution >= 0.6 is 0 Å². The first-order chi connectivity index (χ1) is 12.2. The Morgan fingerprint density at radius 3 is 2.73 bits per heavy atom. The summed E-state index contributed by atoms with van der Waals surface area (Å²) in [5, 5.41) is 35.4. The zero-order valence-corrected chi connectivity index (χ0v) is 15.5. The molecule has 1 unspecified atom stereocenters. The number of nitrogens with one attached hydrogen (secondary N) is 2. The van der Waals surface area contributed by atoms with Crippen molar-refractivity contribution in [2.24, 2.45) is 5.41 Å². The third kappa shape index (κ3) is 3.79. The van der Waals surface area contributed by atoms with Crippen LogP contribution in [0.15, 0.2) is 11.6 Å². The average molecular weight is 355 g/mol. The zero-order valence-electron chi connectivity index (χ0n) is 15.5. The number of carbonyl (C=O) groups is 1. The van der Waals surface area contributed by atoms with Crippen molar-refractivity contribution in [3.63, 3.8) is 0 Å². The minimum atomic E-state index is -0.441. The molecule has 0 aromatic carbocycles. The standard InChI is InChI=1S/C19H25N5O2/c1-19(2,3)9-11-4-7-14(21)16(17(25)22-12-5-6-12)18(26)24-15(11)8-13(10-20)23-24/h8,11-12,21,26H,4-7,9H2,1-3H3,(H,22,25)/b18-16-,21-14?. The number of aromatic nitrogens is 2. The van der Waals surface area contributed by atoms with Gasteiger partial charge in [0.1, 0.15) is 11.6 Å². The smallest absolute Gasteiger partial charge is 0.258 e. The summed E-state index contributed by atoms with van der Waals surface area (Å²) >= 11 is 0. The summed E-state index contributed by atoms with van der Waals surface area (Å²) in [6.45, 7) is 6.40. The van der Waals surface area contributed by atoms with Gasteiger partial charge in [-0.2, -0.15) is 10.4 Å². The lowest BCUT2D eigenvalue weighted by Crippen LogP contribution is -2.33. The highest BCUT2D eigenvalue weighted by molar-refractivity contribution is 6.23. The van der Waals surface area contributed by atoms with Crippen LogP contribution in [0.3, 0.4) is 0 Å². The average Bonchev–Trinajstić information content (AvgIpc) is 3.24. The molecule has 3 rings (SSSR count). The molecule has 1 fully saturated rings. The van der Waals surface area contributed by atoms with Crippen molar-refractivity contribution in [1.82, 2.24) is 15.1 Å². The number of hydrogen-bond donors (Lipinski definition) is 3. The lowest BCUT2D eigenvalue weighted by molar-refractivity contribution is -0.117. The lowest BCUT2D eigenvalue weighted by Gasteiger charge is -2.28. The second kappa shape index (κ2) is 6.60. The maximum absolute atomic E-state index is 12.6. The molecule has 0 bridgehead atoms. The van der Waals surface area contributed by atoms with Gasteiger partial charge in [-0.3, -0.25) is 4.79 Å². The van der Waals surface area contributed by atoms with E-state index in [4.69, 9.17) is 5.41 Å². The second-order valence-corrected chi connectivity index (χ2v) is 8.40. The monoisotopic (exact) mass is 355 g/mol. The first kappa shape index (κ1) is 18.2. The third-order valence-electron chi connectivity index (χ3n) is 4.74. The van der Waals surface area contributed by atoms with Crippen molar-refractivity contribution in [1.29, 1.82) is 10.7 Å². The molecule has 7 nitrogen and oxygen atoms in total. The topological polar surface area (TPSA) is 115 Å². The number of aliphatic hydroxyl groups excluding tert-OH is 1. The molecule has 0 radical (unpaired) electrons. The summed E-state index contributed by atoms with van der Waals surface area (Å²) in [7, 11) is 0. The van der Waals surface area contributed by atoms with Crippen molar-refractivity contribution in [2.75, 3.05) is 0 Å². The normalized spacial score (nSPS) is 23.6. The van der Waals surface area contributed by atoms with E-state index in [1.807, 2.05) is 6.07 Å². The number of hydrogen-bond acceptors (Lipinski definition) is 5. The molecule has 1 saturated carbocycles. The van der Waals surface area contributed by atoms with E-state index < -0.39 is 5.91 Å². The fourth-order valence-electron chi connectivity index (χ4n) is 3.41. The number of rotatable bonds is 3. The fourth-order valence-corrected chi connectivity index (χ4v) is 3.41. The van der Waals surface area contributed by atoms with Crippen LogP contribution in [0.5, 0.6) is 0 Å². The molecule has 1 amide bonds. The zero-order chi connectivity index (χ0) is 19.1. The highest BCUT2D eigenvalue weighted by Crippen LogP contribution is 2.37. The van der Waals surface area contributed by atoms with Gasteiger partial charge in [0.2, 0.25) is 5.88 Å². The van der Waals surface area contributed by atoms with E-state index >= 15 is 0 Å². The third-order valence-corrected chi connectivity index (χ3v) is 4.74. The van der Waals surface area contributed by atoms with Gasteiger partial charge in [0.05, 0.1) is 5.69 Å². The molecule has 0 saturated heterocycles. The second-order valence-electron chi connectivity index (χ2n) is 8.40. The summed E-state index contributed by atoms with van der Waals surface area (Å²) in [5.74, 6) is -0.757. The molecule has 1 aromatic rings. The van der Waals surface area contributed by atoms with Gasteiger partial charge in [0.25, 0.3) is 5.91 Å². The van der Waals surface area contributed by atoms with Crippen LogP contribution in [-0.4, -0.2) is 32.5 Å². The van der Waals surface area contributed by atoms with Crippen LogP contribution in [0.4, 0.5) is 0 Å². The van der Waals surface area contributed by atoms with Gasteiger partial charge >= 0.3 is 0 Å². The van der Waals surface area contributed by atoms with E-state index in [1.165, 1.54) is 4.68 Å². The number of nitriles is 1. The Morgan fingerprint density at radius 1 is 1.46 bits per heavy atom. The fraction of sp³-hybridized carbons (Fsp3) is 0.579. The minimum Gasteiger partial charge on any atom is -0.493 e. The van der Waals surface area contributed by atoms with E-state index in [9.17, 15) is 15.2 Å². The number of nitrogens with zero attached hydrogens (tertiary/aromatic N) is 3. The van der Waals surface area contributed by atoms with Crippen LogP contribution in [0.1, 0.15) is 70.2 Å². The molecule has 2 heterocycles. The highest BCUT2D eigenvalue weighted by Gasteiger charge is 2.33. The van der Waals surface area contributed by atoms with E-state index in [2.05, 4.69) is 31.2 Å². The molecule has 3 N–H and O–H groups in total. The first-order valence-corrected chi connectivity index (χ1v) is 9.02. The first-order valence-electron chi connectivity index (χ1n) is 9.02. The molecule has 0 spiro atoms. The minimum absolute atomic E-state index is 0.0411. The van der Waals surface area contributed by atoms with Gasteiger partial charge in [-0.15, -0.1) is 0 Å². The van der Waals surface area contributed by atoms with E-state index in [1.54, 1.807) is 6.07 Å². The van der Waals surface area contributed by atoms with Crippen LogP contribution in [0, 0.1) is 22.2 Å². The van der Waals surface area contributed by atoms with Crippen LogP contribution in [0.2, 0.25) is 0 Å². The van der Waals surface area contributed by atoms with Gasteiger partial charge in [-0.1, -0.05) is 20.8 Å². The van der Waals surface area contributed by atoms with E-state index in [-0.39, 0.29) is 40.2 Å². The molecule has 1 aliphatic carbocycles. The highest BCUT2D eigenvalue weighted by atomic mass is 16.3. The van der Waals surface area contributed by atoms with Crippen molar-refractivity contribution in [3.05, 3.63) is 23.0 Å². The molecule has 1 atom stereocenters. The molecule has 138 valence electrons. The molecular weight excluding hydrogens is 330 g/mol. The molecule has 7 heteroatoms. The van der Waals surface area contributed by atoms with Crippen LogP contribution < -0.4 is 5.32 Å². The summed E-state index contributed by atoms with van der Waals surface area (Å²) < 4.78 is 1.28. The Balaban J connectivity index is 2.08. The molecule has 2 aliphatic rings. The van der Waals surface area contributed by atoms with Gasteiger partial charge in [0, 0.05) is 17.7 Å². The van der Waals surface area contributed by atoms with Crippen LogP contribution in [-0.2, 0) is 4.79 Å². The predicted octanol–water partition coefficient (Wildman–Crippen LogP) is 3.09. The van der Waals surface area contributed by atoms with Crippen molar-refractivity contribution < 1.29 is 9.90 Å². The van der Waals surface area contributed by atoms with Gasteiger partial charge in [-0.05, 0) is 43.6 Å². The van der Waals surface area contributed by atoms with Crippen LogP contribution in [0.25, 0.3) is 5.88 Å². The number of carbonyl (C=O) groups excluding carboxylic acids is 1. The Labute approximate surface area is 153 Å². The maximum Gasteiger partial charge on any atom is 0.258 e. The van der Waals surface area contributed by atoms with E-state index in [0.29, 0.717) is 12.8 Å². The largest absolute Gasteiger partial charge is 0.493 e. The summed E-state index contributed by atoms with van der Waals surface area (Å²) in [6.07, 6.45) is 3.73. The number of aliphatic hydroxyl groups is 1. The quantitative estimate of drug-likeness (QED) is 0.772. The van der Waals surface area contributed by atoms with Crippen molar-refractivity contribution in [2.45, 2.75) is 64.8 Å². The summed E-state index contributed by atoms with van der Waals surface area (Å²) in [5.41, 5.74) is 1.03. The maximum atomic E-state index is 12.6. The summed E-state index contributed by atoms with van der Waals surface area (Å²) in [4.78, 5) is 12.6. The number of fused-ring (bicyclic) bond motifs is 1. The molecule has 1 aliphatic heterocycles. The Hall–Kier alpha value is -2.62. The Bertz CT molecular complexity index is 818. The van der Waals surface area contributed by atoms with Gasteiger partial charge < -0.3 is 15.8 Å². The number of amides is 1.